The highest BCUT2D eigenvalue weighted by atomic mass is 16.2. The van der Waals surface area contributed by atoms with Crippen LogP contribution < -0.4 is 0 Å². The third-order valence-electron chi connectivity index (χ3n) is 1.56. The van der Waals surface area contributed by atoms with E-state index in [2.05, 4.69) is 0 Å². The molecule has 0 aliphatic heterocycles. The summed E-state index contributed by atoms with van der Waals surface area (Å²) in [6.07, 6.45) is 2.22. The molecule has 0 rings (SSSR count). The quantitative estimate of drug-likeness (QED) is 0.570. The second-order valence-corrected chi connectivity index (χ2v) is 3.05. The number of carbonyl (C=O) groups excluding carboxylic acids is 2. The average Bonchev–Trinajstić information content (AvgIpc) is 1.98. The first-order chi connectivity index (χ1) is 5.09. The molecule has 0 aliphatic rings. The Balaban J connectivity index is 3.75. The van der Waals surface area contributed by atoms with Gasteiger partial charge in [-0.3, -0.25) is 9.59 Å². The number of hydrogen-bond donors (Lipinski definition) is 0. The summed E-state index contributed by atoms with van der Waals surface area (Å²) in [7, 11) is 0. The lowest BCUT2D eigenvalue weighted by Gasteiger charge is -2.00. The van der Waals surface area contributed by atoms with Gasteiger partial charge in [-0.05, 0) is 6.42 Å². The number of unbranched alkanes of at least 4 members (excludes halogenated alkanes) is 1. The summed E-state index contributed by atoms with van der Waals surface area (Å²) >= 11 is 0. The van der Waals surface area contributed by atoms with Gasteiger partial charge in [-0.25, -0.2) is 0 Å². The highest BCUT2D eigenvalue weighted by Gasteiger charge is 2.15. The minimum absolute atomic E-state index is 0.139. The molecule has 64 valence electrons. The summed E-state index contributed by atoms with van der Waals surface area (Å²) in [4.78, 5) is 22.0. The molecular weight excluding hydrogens is 140 g/mol. The van der Waals surface area contributed by atoms with Crippen molar-refractivity contribution in [1.82, 2.24) is 0 Å². The first-order valence-electron chi connectivity index (χ1n) is 4.16. The zero-order chi connectivity index (χ0) is 8.85. The molecule has 0 aromatic rings. The first-order valence-corrected chi connectivity index (χ1v) is 4.16. The average molecular weight is 156 g/mol. The molecule has 0 fully saturated rings. The molecular formula is C9H16O2. The minimum Gasteiger partial charge on any atom is -0.291 e. The van der Waals surface area contributed by atoms with E-state index in [4.69, 9.17) is 0 Å². The molecule has 2 nitrogen and oxygen atoms in total. The lowest BCUT2D eigenvalue weighted by Crippen LogP contribution is -2.19. The summed E-state index contributed by atoms with van der Waals surface area (Å²) in [6.45, 7) is 5.52. The third-order valence-corrected chi connectivity index (χ3v) is 1.56. The van der Waals surface area contributed by atoms with Crippen LogP contribution in [-0.2, 0) is 9.59 Å². The van der Waals surface area contributed by atoms with Crippen molar-refractivity contribution in [3.05, 3.63) is 0 Å². The smallest absolute Gasteiger partial charge is 0.200 e. The molecule has 0 radical (unpaired) electrons. The largest absolute Gasteiger partial charge is 0.291 e. The van der Waals surface area contributed by atoms with E-state index in [9.17, 15) is 9.59 Å². The Morgan fingerprint density at radius 3 is 2.18 bits per heavy atom. The van der Waals surface area contributed by atoms with Crippen molar-refractivity contribution in [2.75, 3.05) is 0 Å². The molecule has 0 amide bonds. The second kappa shape index (κ2) is 5.05. The van der Waals surface area contributed by atoms with Crippen LogP contribution >= 0.6 is 0 Å². The van der Waals surface area contributed by atoms with Gasteiger partial charge < -0.3 is 0 Å². The molecule has 0 unspecified atom stereocenters. The van der Waals surface area contributed by atoms with Gasteiger partial charge in [0.25, 0.3) is 0 Å². The van der Waals surface area contributed by atoms with E-state index in [0.29, 0.717) is 6.42 Å². The monoisotopic (exact) mass is 156 g/mol. The first kappa shape index (κ1) is 10.3. The van der Waals surface area contributed by atoms with Gasteiger partial charge in [-0.2, -0.15) is 0 Å². The lowest BCUT2D eigenvalue weighted by molar-refractivity contribution is -0.138. The van der Waals surface area contributed by atoms with Crippen LogP contribution in [0.4, 0.5) is 0 Å². The molecule has 0 saturated heterocycles. The van der Waals surface area contributed by atoms with E-state index in [1.54, 1.807) is 13.8 Å². The molecule has 0 aliphatic carbocycles. The highest BCUT2D eigenvalue weighted by Crippen LogP contribution is 2.01. The van der Waals surface area contributed by atoms with E-state index in [1.165, 1.54) is 0 Å². The van der Waals surface area contributed by atoms with Crippen molar-refractivity contribution in [3.63, 3.8) is 0 Å². The van der Waals surface area contributed by atoms with Gasteiger partial charge in [0, 0.05) is 12.3 Å². The maximum atomic E-state index is 11.0. The Labute approximate surface area is 68.0 Å². The molecule has 2 heteroatoms. The van der Waals surface area contributed by atoms with Gasteiger partial charge >= 0.3 is 0 Å². The van der Waals surface area contributed by atoms with Crippen LogP contribution in [0.25, 0.3) is 0 Å². The Kier molecular flexibility index (Phi) is 4.75. The number of rotatable bonds is 5. The van der Waals surface area contributed by atoms with Crippen molar-refractivity contribution in [3.8, 4) is 0 Å². The van der Waals surface area contributed by atoms with Crippen LogP contribution in [0, 0.1) is 5.92 Å². The topological polar surface area (TPSA) is 34.1 Å². The fourth-order valence-corrected chi connectivity index (χ4v) is 0.783. The molecule has 0 aromatic heterocycles. The Morgan fingerprint density at radius 2 is 1.82 bits per heavy atom. The van der Waals surface area contributed by atoms with Gasteiger partial charge in [-0.15, -0.1) is 0 Å². The van der Waals surface area contributed by atoms with Gasteiger partial charge in [0.15, 0.2) is 5.78 Å². The highest BCUT2D eigenvalue weighted by molar-refractivity contribution is 6.37. The summed E-state index contributed by atoms with van der Waals surface area (Å²) in [6, 6.07) is 0. The van der Waals surface area contributed by atoms with E-state index in [0.717, 1.165) is 12.8 Å². The predicted octanol–water partition coefficient (Wildman–Crippen LogP) is 1.97. The normalized spacial score (nSPS) is 10.2. The standard InChI is InChI=1S/C9H16O2/c1-4-5-6-8(10)9(11)7(2)3/h7H,4-6H2,1-3H3. The number of hydrogen-bond acceptors (Lipinski definition) is 2. The SMILES string of the molecule is CCCCC(=O)C(=O)C(C)C. The van der Waals surface area contributed by atoms with Crippen molar-refractivity contribution in [2.24, 2.45) is 5.92 Å². The molecule has 0 heterocycles. The van der Waals surface area contributed by atoms with Gasteiger partial charge in [0.05, 0.1) is 0 Å². The van der Waals surface area contributed by atoms with Gasteiger partial charge in [-0.1, -0.05) is 27.2 Å². The van der Waals surface area contributed by atoms with Crippen molar-refractivity contribution >= 4 is 11.6 Å². The Morgan fingerprint density at radius 1 is 1.27 bits per heavy atom. The number of ketones is 2. The van der Waals surface area contributed by atoms with Gasteiger partial charge in [0.2, 0.25) is 5.78 Å². The molecule has 0 aromatic carbocycles. The summed E-state index contributed by atoms with van der Waals surface area (Å²) < 4.78 is 0. The van der Waals surface area contributed by atoms with E-state index < -0.39 is 0 Å². The van der Waals surface area contributed by atoms with Crippen LogP contribution in [0.1, 0.15) is 40.0 Å². The Bertz CT molecular complexity index is 148. The van der Waals surface area contributed by atoms with E-state index in [-0.39, 0.29) is 17.5 Å². The van der Waals surface area contributed by atoms with Crippen LogP contribution in [-0.4, -0.2) is 11.6 Å². The van der Waals surface area contributed by atoms with E-state index >= 15 is 0 Å². The second-order valence-electron chi connectivity index (χ2n) is 3.05. The van der Waals surface area contributed by atoms with Crippen LogP contribution in [0.2, 0.25) is 0 Å². The van der Waals surface area contributed by atoms with Crippen molar-refractivity contribution < 1.29 is 9.59 Å². The summed E-state index contributed by atoms with van der Waals surface area (Å²) in [5.41, 5.74) is 0. The van der Waals surface area contributed by atoms with Crippen LogP contribution in [0.3, 0.4) is 0 Å². The number of Topliss-reactive ketones (excluding diaryl/α,β-unsaturated/α-hetero) is 2. The van der Waals surface area contributed by atoms with Crippen molar-refractivity contribution in [1.29, 1.82) is 0 Å². The fourth-order valence-electron chi connectivity index (χ4n) is 0.783. The Hall–Kier alpha value is -0.660. The lowest BCUT2D eigenvalue weighted by atomic mass is 10.0. The summed E-state index contributed by atoms with van der Waals surface area (Å²) in [5, 5.41) is 0. The molecule has 0 atom stereocenters. The summed E-state index contributed by atoms with van der Waals surface area (Å²) in [5.74, 6) is -0.570. The third kappa shape index (κ3) is 3.91. The van der Waals surface area contributed by atoms with Crippen molar-refractivity contribution in [2.45, 2.75) is 40.0 Å². The maximum absolute atomic E-state index is 11.0. The predicted molar refractivity (Wildman–Crippen MR) is 44.4 cm³/mol. The molecule has 0 N–H and O–H groups in total. The van der Waals surface area contributed by atoms with Gasteiger partial charge in [0.1, 0.15) is 0 Å². The number of carbonyl (C=O) groups is 2. The van der Waals surface area contributed by atoms with E-state index in [1.807, 2.05) is 6.92 Å². The zero-order valence-electron chi connectivity index (χ0n) is 7.52. The molecule has 0 spiro atoms. The fraction of sp³-hybridized carbons (Fsp3) is 0.778. The van der Waals surface area contributed by atoms with Crippen LogP contribution in [0.15, 0.2) is 0 Å². The molecule has 0 saturated carbocycles. The molecule has 0 bridgehead atoms. The minimum atomic E-state index is -0.224. The molecule has 11 heavy (non-hydrogen) atoms. The van der Waals surface area contributed by atoms with Crippen LogP contribution in [0.5, 0.6) is 0 Å². The maximum Gasteiger partial charge on any atom is 0.200 e. The zero-order valence-corrected chi connectivity index (χ0v) is 7.52.